The highest BCUT2D eigenvalue weighted by molar-refractivity contribution is 5.37. The number of hydrogen-bond acceptors (Lipinski definition) is 3. The van der Waals surface area contributed by atoms with E-state index >= 15 is 0 Å². The Morgan fingerprint density at radius 1 is 1.21 bits per heavy atom. The first-order valence-electron chi connectivity index (χ1n) is 6.32. The van der Waals surface area contributed by atoms with E-state index in [2.05, 4.69) is 36.8 Å². The standard InChI is InChI=1S/C15H18N2O2/c1-9(2)13-6-5-12(7-10(13)3)19-15-8-14(18)16-11(4)17-15/h5-9H,1-4H3,(H,16,17,18). The molecule has 1 aromatic carbocycles. The predicted octanol–water partition coefficient (Wildman–Crippen LogP) is 3.30. The van der Waals surface area contributed by atoms with Crippen molar-refractivity contribution in [3.05, 3.63) is 51.6 Å². The van der Waals surface area contributed by atoms with Crippen LogP contribution in [-0.4, -0.2) is 9.97 Å². The van der Waals surface area contributed by atoms with Crippen molar-refractivity contribution in [1.82, 2.24) is 9.97 Å². The third-order valence-electron chi connectivity index (χ3n) is 2.92. The molecule has 0 unspecified atom stereocenters. The molecule has 0 spiro atoms. The van der Waals surface area contributed by atoms with Gasteiger partial charge in [0.2, 0.25) is 5.88 Å². The van der Waals surface area contributed by atoms with Gasteiger partial charge in [-0.15, -0.1) is 0 Å². The number of aryl methyl sites for hydroxylation is 2. The van der Waals surface area contributed by atoms with Crippen LogP contribution in [0.2, 0.25) is 0 Å². The van der Waals surface area contributed by atoms with E-state index in [9.17, 15) is 4.79 Å². The molecule has 1 aromatic heterocycles. The molecule has 0 fully saturated rings. The van der Waals surface area contributed by atoms with Crippen LogP contribution in [-0.2, 0) is 0 Å². The molecule has 2 rings (SSSR count). The number of ether oxygens (including phenoxy) is 1. The quantitative estimate of drug-likeness (QED) is 0.919. The van der Waals surface area contributed by atoms with Crippen molar-refractivity contribution in [1.29, 1.82) is 0 Å². The predicted molar refractivity (Wildman–Crippen MR) is 74.9 cm³/mol. The van der Waals surface area contributed by atoms with Gasteiger partial charge in [-0.3, -0.25) is 4.79 Å². The van der Waals surface area contributed by atoms with E-state index in [1.54, 1.807) is 6.92 Å². The average molecular weight is 258 g/mol. The van der Waals surface area contributed by atoms with Gasteiger partial charge in [-0.2, -0.15) is 0 Å². The maximum absolute atomic E-state index is 11.3. The van der Waals surface area contributed by atoms with Gasteiger partial charge in [-0.25, -0.2) is 4.98 Å². The fourth-order valence-electron chi connectivity index (χ4n) is 2.08. The second-order valence-corrected chi connectivity index (χ2v) is 4.94. The van der Waals surface area contributed by atoms with Gasteiger partial charge < -0.3 is 9.72 Å². The van der Waals surface area contributed by atoms with Crippen molar-refractivity contribution in [3.8, 4) is 11.6 Å². The van der Waals surface area contributed by atoms with Gasteiger partial charge in [0.05, 0.1) is 6.07 Å². The highest BCUT2D eigenvalue weighted by Gasteiger charge is 2.06. The van der Waals surface area contributed by atoms with E-state index in [0.717, 1.165) is 0 Å². The number of nitrogens with one attached hydrogen (secondary N) is 1. The van der Waals surface area contributed by atoms with Crippen molar-refractivity contribution in [3.63, 3.8) is 0 Å². The molecule has 0 saturated carbocycles. The molecule has 1 N–H and O–H groups in total. The number of hydrogen-bond donors (Lipinski definition) is 1. The molecule has 0 radical (unpaired) electrons. The summed E-state index contributed by atoms with van der Waals surface area (Å²) in [7, 11) is 0. The van der Waals surface area contributed by atoms with Crippen molar-refractivity contribution < 1.29 is 4.74 Å². The zero-order valence-corrected chi connectivity index (χ0v) is 11.7. The van der Waals surface area contributed by atoms with Gasteiger partial charge in [0.25, 0.3) is 5.56 Å². The third kappa shape index (κ3) is 3.22. The Morgan fingerprint density at radius 3 is 2.53 bits per heavy atom. The Bertz CT molecular complexity index is 645. The number of H-pyrrole nitrogens is 1. The maximum Gasteiger partial charge on any atom is 0.254 e. The van der Waals surface area contributed by atoms with E-state index in [4.69, 9.17) is 4.74 Å². The fourth-order valence-corrected chi connectivity index (χ4v) is 2.08. The molecule has 0 aliphatic rings. The highest BCUT2D eigenvalue weighted by atomic mass is 16.5. The van der Waals surface area contributed by atoms with Crippen molar-refractivity contribution in [2.24, 2.45) is 0 Å². The molecular weight excluding hydrogens is 240 g/mol. The van der Waals surface area contributed by atoms with E-state index in [0.29, 0.717) is 23.4 Å². The second-order valence-electron chi connectivity index (χ2n) is 4.94. The Hall–Kier alpha value is -2.10. The van der Waals surface area contributed by atoms with E-state index in [1.807, 2.05) is 12.1 Å². The minimum absolute atomic E-state index is 0.210. The largest absolute Gasteiger partial charge is 0.439 e. The zero-order chi connectivity index (χ0) is 14.0. The average Bonchev–Trinajstić information content (AvgIpc) is 2.26. The molecule has 1 heterocycles. The first kappa shape index (κ1) is 13.3. The lowest BCUT2D eigenvalue weighted by molar-refractivity contribution is 0.458. The number of nitrogens with zero attached hydrogens (tertiary/aromatic N) is 1. The normalized spacial score (nSPS) is 10.8. The van der Waals surface area contributed by atoms with Crippen LogP contribution in [0.5, 0.6) is 11.6 Å². The van der Waals surface area contributed by atoms with Gasteiger partial charge in [0, 0.05) is 0 Å². The summed E-state index contributed by atoms with van der Waals surface area (Å²) >= 11 is 0. The van der Waals surface area contributed by atoms with Crippen molar-refractivity contribution in [2.75, 3.05) is 0 Å². The molecule has 4 heteroatoms. The summed E-state index contributed by atoms with van der Waals surface area (Å²) in [6.45, 7) is 8.09. The van der Waals surface area contributed by atoms with Crippen LogP contribution in [0.1, 0.15) is 36.7 Å². The van der Waals surface area contributed by atoms with Gasteiger partial charge >= 0.3 is 0 Å². The Balaban J connectivity index is 2.29. The molecule has 0 saturated heterocycles. The minimum atomic E-state index is -0.210. The molecule has 2 aromatic rings. The summed E-state index contributed by atoms with van der Waals surface area (Å²) in [6.07, 6.45) is 0. The molecule has 4 nitrogen and oxygen atoms in total. The molecule has 19 heavy (non-hydrogen) atoms. The third-order valence-corrected chi connectivity index (χ3v) is 2.92. The van der Waals surface area contributed by atoms with Crippen molar-refractivity contribution in [2.45, 2.75) is 33.6 Å². The smallest absolute Gasteiger partial charge is 0.254 e. The molecule has 0 amide bonds. The van der Waals surface area contributed by atoms with Gasteiger partial charge in [-0.05, 0) is 43.0 Å². The summed E-state index contributed by atoms with van der Waals surface area (Å²) in [5, 5.41) is 0. The highest BCUT2D eigenvalue weighted by Crippen LogP contribution is 2.25. The Morgan fingerprint density at radius 2 is 1.95 bits per heavy atom. The van der Waals surface area contributed by atoms with Gasteiger partial charge in [0.1, 0.15) is 11.6 Å². The molecule has 0 aliphatic heterocycles. The molecule has 0 aliphatic carbocycles. The summed E-state index contributed by atoms with van der Waals surface area (Å²) in [5.74, 6) is 2.03. The molecule has 0 bridgehead atoms. The summed E-state index contributed by atoms with van der Waals surface area (Å²) in [6, 6.07) is 7.27. The lowest BCUT2D eigenvalue weighted by Crippen LogP contribution is -2.08. The van der Waals surface area contributed by atoms with Crippen LogP contribution in [0, 0.1) is 13.8 Å². The van der Waals surface area contributed by atoms with Gasteiger partial charge in [-0.1, -0.05) is 19.9 Å². The number of aromatic amines is 1. The van der Waals surface area contributed by atoms with Crippen LogP contribution < -0.4 is 10.3 Å². The van der Waals surface area contributed by atoms with Crippen LogP contribution in [0.15, 0.2) is 29.1 Å². The number of rotatable bonds is 3. The molecular formula is C15H18N2O2. The summed E-state index contributed by atoms with van der Waals surface area (Å²) in [4.78, 5) is 18.1. The zero-order valence-electron chi connectivity index (χ0n) is 11.7. The number of aromatic nitrogens is 2. The topological polar surface area (TPSA) is 55.0 Å². The fraction of sp³-hybridized carbons (Fsp3) is 0.333. The minimum Gasteiger partial charge on any atom is -0.439 e. The van der Waals surface area contributed by atoms with Crippen LogP contribution in [0.25, 0.3) is 0 Å². The van der Waals surface area contributed by atoms with E-state index in [1.165, 1.54) is 17.2 Å². The Kier molecular flexibility index (Phi) is 3.69. The monoisotopic (exact) mass is 258 g/mol. The van der Waals surface area contributed by atoms with Gasteiger partial charge in [0.15, 0.2) is 0 Å². The van der Waals surface area contributed by atoms with E-state index < -0.39 is 0 Å². The van der Waals surface area contributed by atoms with Crippen LogP contribution in [0.3, 0.4) is 0 Å². The molecule has 100 valence electrons. The summed E-state index contributed by atoms with van der Waals surface area (Å²) < 4.78 is 5.62. The molecule has 0 atom stereocenters. The first-order valence-corrected chi connectivity index (χ1v) is 6.32. The number of benzene rings is 1. The summed E-state index contributed by atoms with van der Waals surface area (Å²) in [5.41, 5.74) is 2.26. The van der Waals surface area contributed by atoms with Crippen LogP contribution >= 0.6 is 0 Å². The lowest BCUT2D eigenvalue weighted by atomic mass is 9.98. The maximum atomic E-state index is 11.3. The van der Waals surface area contributed by atoms with Crippen LogP contribution in [0.4, 0.5) is 0 Å². The van der Waals surface area contributed by atoms with Crippen molar-refractivity contribution >= 4 is 0 Å². The van der Waals surface area contributed by atoms with E-state index in [-0.39, 0.29) is 5.56 Å². The second kappa shape index (κ2) is 5.26. The first-order chi connectivity index (χ1) is 8.95. The Labute approximate surface area is 112 Å². The lowest BCUT2D eigenvalue weighted by Gasteiger charge is -2.11. The SMILES string of the molecule is Cc1nc(Oc2ccc(C(C)C)c(C)c2)cc(=O)[nH]1.